The second kappa shape index (κ2) is 7.09. The van der Waals surface area contributed by atoms with Gasteiger partial charge in [0.25, 0.3) is 5.91 Å². The van der Waals surface area contributed by atoms with Crippen LogP contribution < -0.4 is 10.6 Å². The van der Waals surface area contributed by atoms with E-state index in [1.165, 1.54) is 4.68 Å². The molecule has 1 heterocycles. The molecule has 0 aliphatic rings. The van der Waals surface area contributed by atoms with E-state index in [1.54, 1.807) is 25.4 Å². The zero-order valence-electron chi connectivity index (χ0n) is 13.9. The monoisotopic (exact) mass is 314 g/mol. The summed E-state index contributed by atoms with van der Waals surface area (Å²) in [5.41, 5.74) is 2.66. The van der Waals surface area contributed by atoms with E-state index < -0.39 is 0 Å². The van der Waals surface area contributed by atoms with E-state index in [0.717, 1.165) is 12.0 Å². The molecule has 6 heteroatoms. The van der Waals surface area contributed by atoms with Crippen LogP contribution >= 0.6 is 0 Å². The third kappa shape index (κ3) is 3.77. The molecule has 6 nitrogen and oxygen atoms in total. The van der Waals surface area contributed by atoms with Gasteiger partial charge >= 0.3 is 0 Å². The molecule has 1 aromatic carbocycles. The number of aromatic nitrogens is 2. The van der Waals surface area contributed by atoms with E-state index in [0.29, 0.717) is 17.1 Å². The average Bonchev–Trinajstić information content (AvgIpc) is 2.96. The van der Waals surface area contributed by atoms with Crippen LogP contribution in [0.15, 0.2) is 30.5 Å². The Balaban J connectivity index is 2.18. The van der Waals surface area contributed by atoms with Gasteiger partial charge in [0.1, 0.15) is 5.69 Å². The number of hydrogen-bond donors (Lipinski definition) is 2. The predicted octanol–water partition coefficient (Wildman–Crippen LogP) is 2.97. The van der Waals surface area contributed by atoms with Gasteiger partial charge in [0, 0.05) is 30.5 Å². The fourth-order valence-corrected chi connectivity index (χ4v) is 2.13. The van der Waals surface area contributed by atoms with E-state index in [2.05, 4.69) is 15.7 Å². The summed E-state index contributed by atoms with van der Waals surface area (Å²) in [6.45, 7) is 5.73. The van der Waals surface area contributed by atoms with Crippen molar-refractivity contribution in [3.63, 3.8) is 0 Å². The Morgan fingerprint density at radius 3 is 2.43 bits per heavy atom. The molecule has 0 fully saturated rings. The van der Waals surface area contributed by atoms with Crippen LogP contribution in [0.25, 0.3) is 0 Å². The van der Waals surface area contributed by atoms with Crippen molar-refractivity contribution in [1.82, 2.24) is 9.78 Å². The topological polar surface area (TPSA) is 76.0 Å². The Morgan fingerprint density at radius 1 is 1.22 bits per heavy atom. The molecule has 122 valence electrons. The number of anilines is 2. The highest BCUT2D eigenvalue weighted by atomic mass is 16.2. The smallest absolute Gasteiger partial charge is 0.273 e. The molecule has 0 radical (unpaired) electrons. The van der Waals surface area contributed by atoms with Crippen LogP contribution in [-0.2, 0) is 11.8 Å². The molecule has 0 saturated heterocycles. The fourth-order valence-electron chi connectivity index (χ4n) is 2.13. The second-order valence-corrected chi connectivity index (χ2v) is 5.57. The molecule has 1 aromatic heterocycles. The van der Waals surface area contributed by atoms with Gasteiger partial charge in [-0.25, -0.2) is 0 Å². The summed E-state index contributed by atoms with van der Waals surface area (Å²) in [4.78, 5) is 24.3. The van der Waals surface area contributed by atoms with Gasteiger partial charge in [0.2, 0.25) is 5.91 Å². The molecular formula is C17H22N4O2. The van der Waals surface area contributed by atoms with Crippen LogP contribution in [0.1, 0.15) is 36.3 Å². The van der Waals surface area contributed by atoms with Crippen LogP contribution in [0.5, 0.6) is 0 Å². The summed E-state index contributed by atoms with van der Waals surface area (Å²) in [6, 6.07) is 7.09. The first-order valence-corrected chi connectivity index (χ1v) is 7.63. The molecule has 2 aromatic rings. The Hall–Kier alpha value is -2.63. The molecule has 23 heavy (non-hydrogen) atoms. The Morgan fingerprint density at radius 2 is 1.87 bits per heavy atom. The van der Waals surface area contributed by atoms with Crippen LogP contribution in [0.3, 0.4) is 0 Å². The van der Waals surface area contributed by atoms with Gasteiger partial charge in [-0.15, -0.1) is 0 Å². The molecular weight excluding hydrogens is 292 g/mol. The standard InChI is InChI=1S/C17H22N4O2/c1-5-11(2)16(22)19-13-7-6-8-14(12(13)3)20-17(23)15-9-10-18-21(15)4/h6-11H,5H2,1-4H3,(H,19,22)(H,20,23). The molecule has 0 aliphatic carbocycles. The number of carbonyl (C=O) groups excluding carboxylic acids is 2. The number of nitrogens with zero attached hydrogens (tertiary/aromatic N) is 2. The van der Waals surface area contributed by atoms with Gasteiger partial charge in [-0.1, -0.05) is 19.9 Å². The van der Waals surface area contributed by atoms with Gasteiger partial charge in [0.15, 0.2) is 0 Å². The molecule has 0 aliphatic heterocycles. The molecule has 2 amide bonds. The highest BCUT2D eigenvalue weighted by molar-refractivity contribution is 6.04. The van der Waals surface area contributed by atoms with Crippen molar-refractivity contribution >= 4 is 23.2 Å². The van der Waals surface area contributed by atoms with E-state index >= 15 is 0 Å². The summed E-state index contributed by atoms with van der Waals surface area (Å²) in [7, 11) is 1.71. The van der Waals surface area contributed by atoms with Crippen molar-refractivity contribution < 1.29 is 9.59 Å². The maximum absolute atomic E-state index is 12.3. The Labute approximate surface area is 135 Å². The van der Waals surface area contributed by atoms with Gasteiger partial charge in [-0.05, 0) is 37.1 Å². The van der Waals surface area contributed by atoms with Crippen molar-refractivity contribution in [2.45, 2.75) is 27.2 Å². The van der Waals surface area contributed by atoms with Gasteiger partial charge in [0.05, 0.1) is 0 Å². The van der Waals surface area contributed by atoms with E-state index in [4.69, 9.17) is 0 Å². The van der Waals surface area contributed by atoms with Crippen LogP contribution in [0.4, 0.5) is 11.4 Å². The number of aryl methyl sites for hydroxylation is 1. The zero-order valence-corrected chi connectivity index (χ0v) is 13.9. The number of nitrogens with one attached hydrogen (secondary N) is 2. The molecule has 2 N–H and O–H groups in total. The lowest BCUT2D eigenvalue weighted by molar-refractivity contribution is -0.119. The highest BCUT2D eigenvalue weighted by Crippen LogP contribution is 2.24. The number of carbonyl (C=O) groups is 2. The maximum Gasteiger partial charge on any atom is 0.273 e. The highest BCUT2D eigenvalue weighted by Gasteiger charge is 2.15. The average molecular weight is 314 g/mol. The normalized spacial score (nSPS) is 11.8. The largest absolute Gasteiger partial charge is 0.326 e. The molecule has 1 atom stereocenters. The zero-order chi connectivity index (χ0) is 17.0. The maximum atomic E-state index is 12.3. The summed E-state index contributed by atoms with van der Waals surface area (Å²) in [5, 5.41) is 9.76. The molecule has 0 spiro atoms. The van der Waals surface area contributed by atoms with Gasteiger partial charge in [-0.2, -0.15) is 5.10 Å². The number of amides is 2. The minimum atomic E-state index is -0.237. The van der Waals surface area contributed by atoms with Crippen LogP contribution in [-0.4, -0.2) is 21.6 Å². The molecule has 2 rings (SSSR count). The Kier molecular flexibility index (Phi) is 5.16. The SMILES string of the molecule is CCC(C)C(=O)Nc1cccc(NC(=O)c2ccnn2C)c1C. The van der Waals surface area contributed by atoms with Gasteiger partial charge in [-0.3, -0.25) is 14.3 Å². The van der Waals surface area contributed by atoms with Gasteiger partial charge < -0.3 is 10.6 Å². The molecule has 1 unspecified atom stereocenters. The van der Waals surface area contributed by atoms with E-state index in [1.807, 2.05) is 32.9 Å². The minimum absolute atomic E-state index is 0.0225. The lowest BCUT2D eigenvalue weighted by Crippen LogP contribution is -2.21. The van der Waals surface area contributed by atoms with Crippen molar-refractivity contribution in [2.75, 3.05) is 10.6 Å². The van der Waals surface area contributed by atoms with Crippen molar-refractivity contribution in [3.8, 4) is 0 Å². The quantitative estimate of drug-likeness (QED) is 0.891. The van der Waals surface area contributed by atoms with Crippen molar-refractivity contribution in [1.29, 1.82) is 0 Å². The van der Waals surface area contributed by atoms with E-state index in [-0.39, 0.29) is 17.7 Å². The fraction of sp³-hybridized carbons (Fsp3) is 0.353. The summed E-state index contributed by atoms with van der Waals surface area (Å²) in [6.07, 6.45) is 2.35. The first-order chi connectivity index (χ1) is 10.9. The lowest BCUT2D eigenvalue weighted by Gasteiger charge is -2.15. The first-order valence-electron chi connectivity index (χ1n) is 7.63. The van der Waals surface area contributed by atoms with Crippen LogP contribution in [0.2, 0.25) is 0 Å². The summed E-state index contributed by atoms with van der Waals surface area (Å²) in [5.74, 6) is -0.314. The number of rotatable bonds is 5. The third-order valence-electron chi connectivity index (χ3n) is 3.95. The van der Waals surface area contributed by atoms with Crippen LogP contribution in [0, 0.1) is 12.8 Å². The molecule has 0 saturated carbocycles. The van der Waals surface area contributed by atoms with Crippen molar-refractivity contribution in [2.24, 2.45) is 13.0 Å². The summed E-state index contributed by atoms with van der Waals surface area (Å²) >= 11 is 0. The minimum Gasteiger partial charge on any atom is -0.326 e. The number of hydrogen-bond acceptors (Lipinski definition) is 3. The lowest BCUT2D eigenvalue weighted by atomic mass is 10.1. The first kappa shape index (κ1) is 16.7. The number of benzene rings is 1. The van der Waals surface area contributed by atoms with Crippen molar-refractivity contribution in [3.05, 3.63) is 41.7 Å². The summed E-state index contributed by atoms with van der Waals surface area (Å²) < 4.78 is 1.51. The Bertz CT molecular complexity index is 721. The predicted molar refractivity (Wildman–Crippen MR) is 90.4 cm³/mol. The second-order valence-electron chi connectivity index (χ2n) is 5.57. The third-order valence-corrected chi connectivity index (χ3v) is 3.95. The molecule has 0 bridgehead atoms. The van der Waals surface area contributed by atoms with E-state index in [9.17, 15) is 9.59 Å².